The fraction of sp³-hybridized carbons (Fsp3) is 0.643. The van der Waals surface area contributed by atoms with Crippen LogP contribution in [0, 0.1) is 11.3 Å². The summed E-state index contributed by atoms with van der Waals surface area (Å²) in [4.78, 5) is 13.0. The van der Waals surface area contributed by atoms with Gasteiger partial charge in [-0.25, -0.2) is 9.97 Å². The molecule has 2 aliphatic rings. The first kappa shape index (κ1) is 13.3. The van der Waals surface area contributed by atoms with Gasteiger partial charge in [0.2, 0.25) is 0 Å². The van der Waals surface area contributed by atoms with Gasteiger partial charge in [-0.05, 0) is 12.8 Å². The molecule has 0 aliphatic carbocycles. The Morgan fingerprint density at radius 2 is 2.15 bits per heavy atom. The average Bonchev–Trinajstić information content (AvgIpc) is 2.53. The molecular formula is C14H19N5O. The van der Waals surface area contributed by atoms with Crippen LogP contribution >= 0.6 is 0 Å². The van der Waals surface area contributed by atoms with E-state index in [4.69, 9.17) is 5.26 Å². The van der Waals surface area contributed by atoms with E-state index in [1.54, 1.807) is 12.4 Å². The van der Waals surface area contributed by atoms with Crippen LogP contribution in [-0.2, 0) is 0 Å². The Bertz CT molecular complexity index is 515. The first-order chi connectivity index (χ1) is 9.83. The Labute approximate surface area is 118 Å². The molecule has 106 valence electrons. The zero-order valence-corrected chi connectivity index (χ0v) is 11.4. The van der Waals surface area contributed by atoms with Gasteiger partial charge >= 0.3 is 0 Å². The van der Waals surface area contributed by atoms with Crippen LogP contribution in [0.4, 0.5) is 5.82 Å². The maximum atomic E-state index is 9.47. The van der Waals surface area contributed by atoms with E-state index >= 15 is 0 Å². The summed E-state index contributed by atoms with van der Waals surface area (Å²) in [7, 11) is 0. The molecule has 20 heavy (non-hydrogen) atoms. The Kier molecular flexibility index (Phi) is 3.81. The Hall–Kier alpha value is -1.71. The van der Waals surface area contributed by atoms with Crippen LogP contribution in [0.3, 0.4) is 0 Å². The largest absolute Gasteiger partial charge is 0.395 e. The molecule has 0 unspecified atom stereocenters. The van der Waals surface area contributed by atoms with Crippen LogP contribution in [0.1, 0.15) is 25.0 Å². The molecule has 6 nitrogen and oxygen atoms in total. The van der Waals surface area contributed by atoms with Crippen LogP contribution in [0.5, 0.6) is 0 Å². The molecular weight excluding hydrogens is 254 g/mol. The number of piperazine rings is 1. The van der Waals surface area contributed by atoms with Gasteiger partial charge in [0.25, 0.3) is 0 Å². The van der Waals surface area contributed by atoms with E-state index in [-0.39, 0.29) is 6.61 Å². The highest BCUT2D eigenvalue weighted by atomic mass is 16.3. The average molecular weight is 273 g/mol. The van der Waals surface area contributed by atoms with Crippen molar-refractivity contribution in [3.63, 3.8) is 0 Å². The number of nitriles is 1. The molecule has 0 saturated carbocycles. The van der Waals surface area contributed by atoms with Gasteiger partial charge in [0.15, 0.2) is 11.5 Å². The molecule has 3 heterocycles. The van der Waals surface area contributed by atoms with E-state index in [1.807, 2.05) is 0 Å². The van der Waals surface area contributed by atoms with Crippen molar-refractivity contribution in [1.82, 2.24) is 14.9 Å². The second-order valence-electron chi connectivity index (χ2n) is 5.45. The molecule has 0 bridgehead atoms. The molecule has 0 amide bonds. The lowest BCUT2D eigenvalue weighted by molar-refractivity contribution is 0.0369. The lowest BCUT2D eigenvalue weighted by Gasteiger charge is -2.48. The van der Waals surface area contributed by atoms with Crippen molar-refractivity contribution in [2.75, 3.05) is 31.1 Å². The second kappa shape index (κ2) is 5.73. The number of fused-ring (bicyclic) bond motifs is 1. The fourth-order valence-electron chi connectivity index (χ4n) is 3.39. The van der Waals surface area contributed by atoms with Crippen molar-refractivity contribution in [1.29, 1.82) is 5.26 Å². The molecule has 0 radical (unpaired) electrons. The Balaban J connectivity index is 1.78. The maximum absolute atomic E-state index is 9.47. The number of aromatic nitrogens is 2. The molecule has 1 N–H and O–H groups in total. The molecule has 0 spiro atoms. The Morgan fingerprint density at radius 3 is 2.95 bits per heavy atom. The number of piperidine rings is 1. The predicted molar refractivity (Wildman–Crippen MR) is 74.2 cm³/mol. The summed E-state index contributed by atoms with van der Waals surface area (Å²) in [5.74, 6) is 0.695. The zero-order chi connectivity index (χ0) is 13.9. The van der Waals surface area contributed by atoms with E-state index in [1.165, 1.54) is 0 Å². The van der Waals surface area contributed by atoms with Gasteiger partial charge in [0.05, 0.1) is 6.61 Å². The van der Waals surface area contributed by atoms with Crippen molar-refractivity contribution in [2.24, 2.45) is 0 Å². The van der Waals surface area contributed by atoms with E-state index < -0.39 is 0 Å². The molecule has 1 aromatic heterocycles. The van der Waals surface area contributed by atoms with Crippen LogP contribution in [0.15, 0.2) is 12.4 Å². The summed E-state index contributed by atoms with van der Waals surface area (Å²) in [6.07, 6.45) is 6.59. The molecule has 1 aromatic rings. The third-order valence-corrected chi connectivity index (χ3v) is 4.37. The first-order valence-electron chi connectivity index (χ1n) is 7.16. The van der Waals surface area contributed by atoms with Gasteiger partial charge in [-0.3, -0.25) is 4.90 Å². The second-order valence-corrected chi connectivity index (χ2v) is 5.45. The number of aliphatic hydroxyl groups excluding tert-OH is 1. The van der Waals surface area contributed by atoms with Gasteiger partial charge in [-0.2, -0.15) is 5.26 Å². The third kappa shape index (κ3) is 2.35. The van der Waals surface area contributed by atoms with E-state index in [0.29, 0.717) is 23.6 Å². The fourth-order valence-corrected chi connectivity index (χ4v) is 3.39. The highest BCUT2D eigenvalue weighted by molar-refractivity contribution is 5.50. The van der Waals surface area contributed by atoms with Crippen molar-refractivity contribution < 1.29 is 5.11 Å². The van der Waals surface area contributed by atoms with Crippen LogP contribution in [0.2, 0.25) is 0 Å². The number of nitrogens with zero attached hydrogens (tertiary/aromatic N) is 5. The lowest BCUT2D eigenvalue weighted by Crippen LogP contribution is -2.59. The van der Waals surface area contributed by atoms with Gasteiger partial charge in [0, 0.05) is 44.1 Å². The molecule has 3 rings (SSSR count). The minimum atomic E-state index is 0.241. The number of anilines is 1. The zero-order valence-electron chi connectivity index (χ0n) is 11.4. The van der Waals surface area contributed by atoms with Crippen molar-refractivity contribution in [3.05, 3.63) is 18.1 Å². The summed E-state index contributed by atoms with van der Waals surface area (Å²) in [5.41, 5.74) is 0.399. The van der Waals surface area contributed by atoms with Crippen LogP contribution in [0.25, 0.3) is 0 Å². The molecule has 6 heteroatoms. The van der Waals surface area contributed by atoms with Gasteiger partial charge in [-0.1, -0.05) is 6.42 Å². The van der Waals surface area contributed by atoms with Gasteiger partial charge in [-0.15, -0.1) is 0 Å². The van der Waals surface area contributed by atoms with Crippen molar-refractivity contribution in [2.45, 2.75) is 31.3 Å². The normalized spacial score (nSPS) is 26.9. The van der Waals surface area contributed by atoms with Crippen LogP contribution < -0.4 is 4.90 Å². The smallest absolute Gasteiger partial charge is 0.183 e. The first-order valence-corrected chi connectivity index (χ1v) is 7.16. The molecule has 2 aliphatic heterocycles. The summed E-state index contributed by atoms with van der Waals surface area (Å²) < 4.78 is 0. The molecule has 2 fully saturated rings. The highest BCUT2D eigenvalue weighted by Crippen LogP contribution is 2.28. The topological polar surface area (TPSA) is 76.3 Å². The summed E-state index contributed by atoms with van der Waals surface area (Å²) in [5, 5.41) is 18.6. The number of hydrogen-bond donors (Lipinski definition) is 1. The van der Waals surface area contributed by atoms with Crippen molar-refractivity contribution in [3.8, 4) is 6.07 Å². The third-order valence-electron chi connectivity index (χ3n) is 4.37. The van der Waals surface area contributed by atoms with Crippen molar-refractivity contribution >= 4 is 5.82 Å². The highest BCUT2D eigenvalue weighted by Gasteiger charge is 2.35. The van der Waals surface area contributed by atoms with Crippen LogP contribution in [-0.4, -0.2) is 58.3 Å². The Morgan fingerprint density at radius 1 is 1.30 bits per heavy atom. The van der Waals surface area contributed by atoms with Gasteiger partial charge < -0.3 is 10.0 Å². The predicted octanol–water partition coefficient (Wildman–Crippen LogP) is 0.384. The standard InChI is InChI=1S/C14H19N5O/c15-8-13-14(17-5-4-16-13)18-6-7-19-11(9-18)2-1-3-12(19)10-20/h4-5,11-12,20H,1-3,6-7,9-10H2/t11-,12+/m0/s1. The monoisotopic (exact) mass is 273 g/mol. The lowest BCUT2D eigenvalue weighted by atomic mass is 9.93. The molecule has 2 saturated heterocycles. The minimum absolute atomic E-state index is 0.241. The van der Waals surface area contributed by atoms with E-state index in [9.17, 15) is 5.11 Å². The summed E-state index contributed by atoms with van der Waals surface area (Å²) in [6.45, 7) is 2.85. The maximum Gasteiger partial charge on any atom is 0.183 e. The number of aliphatic hydroxyl groups is 1. The number of rotatable bonds is 2. The van der Waals surface area contributed by atoms with Gasteiger partial charge in [0.1, 0.15) is 6.07 Å². The SMILES string of the molecule is N#Cc1nccnc1N1CCN2[C@@H](CO)CCC[C@H]2C1. The number of hydrogen-bond acceptors (Lipinski definition) is 6. The minimum Gasteiger partial charge on any atom is -0.395 e. The van der Waals surface area contributed by atoms with E-state index in [0.717, 1.165) is 38.9 Å². The summed E-state index contributed by atoms with van der Waals surface area (Å²) >= 11 is 0. The summed E-state index contributed by atoms with van der Waals surface area (Å²) in [6, 6.07) is 2.86. The molecule has 2 atom stereocenters. The van der Waals surface area contributed by atoms with E-state index in [2.05, 4.69) is 25.8 Å². The quantitative estimate of drug-likeness (QED) is 0.839. The molecule has 0 aromatic carbocycles.